The minimum absolute atomic E-state index is 0.00566. The summed E-state index contributed by atoms with van der Waals surface area (Å²) in [5, 5.41) is 0. The zero-order valence-electron chi connectivity index (χ0n) is 16.5. The number of nitrogen functional groups attached to an aromatic ring is 1. The van der Waals surface area contributed by atoms with Crippen molar-refractivity contribution >= 4 is 17.4 Å². The smallest absolute Gasteiger partial charge is 0.330 e. The number of nitrogens with two attached hydrogens (primary N) is 1. The number of carbonyl (C=O) groups excluding carboxylic acids is 1. The molecule has 7 nitrogen and oxygen atoms in total. The van der Waals surface area contributed by atoms with E-state index in [-0.39, 0.29) is 24.0 Å². The van der Waals surface area contributed by atoms with Crippen LogP contribution in [0.5, 0.6) is 0 Å². The molecule has 3 rings (SSSR count). The first-order valence-corrected chi connectivity index (χ1v) is 9.47. The van der Waals surface area contributed by atoms with Crippen LogP contribution < -0.4 is 21.9 Å². The zero-order valence-corrected chi connectivity index (χ0v) is 16.5. The molecule has 3 aromatic rings. The summed E-state index contributed by atoms with van der Waals surface area (Å²) in [7, 11) is 0. The SMILES string of the molecule is CCCN(C(=O)c1cccc(C)c1)c1c(N)n(Cc2ccccc2)c(=O)[nH]c1=O. The molecule has 0 atom stereocenters. The number of aryl methyl sites for hydroxylation is 1. The van der Waals surface area contributed by atoms with Crippen LogP contribution in [0.4, 0.5) is 11.5 Å². The number of nitrogens with zero attached hydrogens (tertiary/aromatic N) is 2. The Morgan fingerprint density at radius 1 is 1.10 bits per heavy atom. The van der Waals surface area contributed by atoms with Crippen molar-refractivity contribution in [2.24, 2.45) is 0 Å². The average Bonchev–Trinajstić information content (AvgIpc) is 2.70. The van der Waals surface area contributed by atoms with Crippen LogP contribution in [-0.4, -0.2) is 22.0 Å². The molecule has 0 saturated carbocycles. The lowest BCUT2D eigenvalue weighted by atomic mass is 10.1. The molecule has 150 valence electrons. The van der Waals surface area contributed by atoms with Crippen LogP contribution in [0.25, 0.3) is 0 Å². The molecule has 1 aromatic heterocycles. The molecule has 0 fully saturated rings. The standard InChI is InChI=1S/C22H24N4O3/c1-3-12-25(21(28)17-11-7-8-15(2)13-17)18-19(23)26(22(29)24-20(18)27)14-16-9-5-4-6-10-16/h4-11,13H,3,12,14,23H2,1-2H3,(H,24,27,29). The van der Waals surface area contributed by atoms with Gasteiger partial charge in [0.1, 0.15) is 5.82 Å². The van der Waals surface area contributed by atoms with E-state index in [4.69, 9.17) is 5.73 Å². The molecular formula is C22H24N4O3. The van der Waals surface area contributed by atoms with Crippen LogP contribution >= 0.6 is 0 Å². The van der Waals surface area contributed by atoms with Crippen molar-refractivity contribution in [2.45, 2.75) is 26.8 Å². The van der Waals surface area contributed by atoms with E-state index in [2.05, 4.69) is 4.98 Å². The van der Waals surface area contributed by atoms with Crippen LogP contribution in [0.15, 0.2) is 64.2 Å². The Morgan fingerprint density at radius 3 is 2.48 bits per heavy atom. The fraction of sp³-hybridized carbons (Fsp3) is 0.227. The normalized spacial score (nSPS) is 10.7. The molecular weight excluding hydrogens is 368 g/mol. The summed E-state index contributed by atoms with van der Waals surface area (Å²) in [4.78, 5) is 41.9. The van der Waals surface area contributed by atoms with Crippen LogP contribution in [0.3, 0.4) is 0 Å². The molecule has 0 aliphatic carbocycles. The highest BCUT2D eigenvalue weighted by atomic mass is 16.2. The van der Waals surface area contributed by atoms with E-state index in [9.17, 15) is 14.4 Å². The van der Waals surface area contributed by atoms with Gasteiger partial charge in [0.25, 0.3) is 11.5 Å². The predicted molar refractivity (Wildman–Crippen MR) is 114 cm³/mol. The number of anilines is 2. The van der Waals surface area contributed by atoms with Gasteiger partial charge in [-0.2, -0.15) is 0 Å². The topological polar surface area (TPSA) is 101 Å². The van der Waals surface area contributed by atoms with Gasteiger partial charge in [-0.05, 0) is 31.0 Å². The first kappa shape index (κ1) is 20.1. The Kier molecular flexibility index (Phi) is 5.97. The second-order valence-corrected chi connectivity index (χ2v) is 6.89. The molecule has 0 aliphatic rings. The van der Waals surface area contributed by atoms with Crippen molar-refractivity contribution < 1.29 is 4.79 Å². The molecule has 0 radical (unpaired) electrons. The molecule has 2 aromatic carbocycles. The van der Waals surface area contributed by atoms with Crippen LogP contribution in [0.1, 0.15) is 34.8 Å². The summed E-state index contributed by atoms with van der Waals surface area (Å²) in [5.41, 5.74) is 7.21. The van der Waals surface area contributed by atoms with E-state index < -0.39 is 11.2 Å². The first-order chi connectivity index (χ1) is 13.9. The summed E-state index contributed by atoms with van der Waals surface area (Å²) >= 11 is 0. The lowest BCUT2D eigenvalue weighted by Crippen LogP contribution is -2.41. The summed E-state index contributed by atoms with van der Waals surface area (Å²) in [6.07, 6.45) is 0.619. The zero-order chi connectivity index (χ0) is 21.0. The molecule has 0 saturated heterocycles. The van der Waals surface area contributed by atoms with Gasteiger partial charge >= 0.3 is 5.69 Å². The van der Waals surface area contributed by atoms with Gasteiger partial charge in [0.15, 0.2) is 5.69 Å². The van der Waals surface area contributed by atoms with Gasteiger partial charge < -0.3 is 10.6 Å². The van der Waals surface area contributed by atoms with Crippen LogP contribution in [0.2, 0.25) is 0 Å². The minimum Gasteiger partial charge on any atom is -0.383 e. The van der Waals surface area contributed by atoms with Gasteiger partial charge in [0.2, 0.25) is 0 Å². The van der Waals surface area contributed by atoms with Gasteiger partial charge in [0.05, 0.1) is 6.54 Å². The minimum atomic E-state index is -0.675. The Hall–Kier alpha value is -3.61. The predicted octanol–water partition coefficient (Wildman–Crippen LogP) is 2.53. The molecule has 3 N–H and O–H groups in total. The Labute approximate surface area is 168 Å². The van der Waals surface area contributed by atoms with Gasteiger partial charge in [0, 0.05) is 12.1 Å². The van der Waals surface area contributed by atoms with Crippen molar-refractivity contribution in [3.05, 3.63) is 92.1 Å². The first-order valence-electron chi connectivity index (χ1n) is 9.47. The number of rotatable bonds is 6. The summed E-state index contributed by atoms with van der Waals surface area (Å²) in [5.74, 6) is -0.366. The van der Waals surface area contributed by atoms with Gasteiger partial charge in [-0.25, -0.2) is 4.79 Å². The average molecular weight is 392 g/mol. The molecule has 29 heavy (non-hydrogen) atoms. The fourth-order valence-electron chi connectivity index (χ4n) is 3.23. The van der Waals surface area contributed by atoms with Crippen molar-refractivity contribution in [1.82, 2.24) is 9.55 Å². The van der Waals surface area contributed by atoms with Crippen molar-refractivity contribution in [1.29, 1.82) is 0 Å². The maximum Gasteiger partial charge on any atom is 0.330 e. The highest BCUT2D eigenvalue weighted by Gasteiger charge is 2.24. The number of amides is 1. The van der Waals surface area contributed by atoms with Gasteiger partial charge in [-0.1, -0.05) is 55.0 Å². The highest BCUT2D eigenvalue weighted by molar-refractivity contribution is 6.07. The molecule has 1 heterocycles. The molecule has 0 bridgehead atoms. The van der Waals surface area contributed by atoms with Crippen LogP contribution in [0, 0.1) is 6.92 Å². The van der Waals surface area contributed by atoms with E-state index in [0.29, 0.717) is 18.5 Å². The number of carbonyl (C=O) groups is 1. The van der Waals surface area contributed by atoms with Crippen molar-refractivity contribution in [3.63, 3.8) is 0 Å². The number of aromatic nitrogens is 2. The number of benzene rings is 2. The van der Waals surface area contributed by atoms with Gasteiger partial charge in [-0.3, -0.25) is 19.1 Å². The molecule has 0 spiro atoms. The summed E-state index contributed by atoms with van der Waals surface area (Å²) in [6.45, 7) is 4.28. The van der Waals surface area contributed by atoms with E-state index >= 15 is 0 Å². The maximum absolute atomic E-state index is 13.2. The third-order valence-corrected chi connectivity index (χ3v) is 4.62. The Balaban J connectivity index is 2.11. The molecule has 1 amide bonds. The van der Waals surface area contributed by atoms with E-state index in [0.717, 1.165) is 11.1 Å². The highest BCUT2D eigenvalue weighted by Crippen LogP contribution is 2.21. The van der Waals surface area contributed by atoms with Crippen molar-refractivity contribution in [3.8, 4) is 0 Å². The number of hydrogen-bond acceptors (Lipinski definition) is 4. The second-order valence-electron chi connectivity index (χ2n) is 6.89. The molecule has 7 heteroatoms. The fourth-order valence-corrected chi connectivity index (χ4v) is 3.23. The van der Waals surface area contributed by atoms with Crippen LogP contribution in [-0.2, 0) is 6.54 Å². The maximum atomic E-state index is 13.2. The lowest BCUT2D eigenvalue weighted by molar-refractivity contribution is 0.0986. The third-order valence-electron chi connectivity index (χ3n) is 4.62. The van der Waals surface area contributed by atoms with Crippen molar-refractivity contribution in [2.75, 3.05) is 17.2 Å². The van der Waals surface area contributed by atoms with Gasteiger partial charge in [-0.15, -0.1) is 0 Å². The largest absolute Gasteiger partial charge is 0.383 e. The third kappa shape index (κ3) is 4.29. The van der Waals surface area contributed by atoms with E-state index in [1.165, 1.54) is 9.47 Å². The Bertz CT molecular complexity index is 1130. The summed E-state index contributed by atoms with van der Waals surface area (Å²) < 4.78 is 1.28. The quantitative estimate of drug-likeness (QED) is 0.673. The molecule has 0 aliphatic heterocycles. The monoisotopic (exact) mass is 392 g/mol. The number of hydrogen-bond donors (Lipinski definition) is 2. The van der Waals surface area contributed by atoms with E-state index in [1.807, 2.05) is 50.2 Å². The lowest BCUT2D eigenvalue weighted by Gasteiger charge is -2.24. The number of aromatic amines is 1. The second kappa shape index (κ2) is 8.60. The van der Waals surface area contributed by atoms with E-state index in [1.54, 1.807) is 18.2 Å². The summed E-state index contributed by atoms with van der Waals surface area (Å²) in [6, 6.07) is 16.4. The number of H-pyrrole nitrogens is 1. The number of nitrogens with one attached hydrogen (secondary N) is 1. The molecule has 0 unspecified atom stereocenters. The Morgan fingerprint density at radius 2 is 1.83 bits per heavy atom.